The lowest BCUT2D eigenvalue weighted by Crippen LogP contribution is -2.24. The van der Waals surface area contributed by atoms with Crippen LogP contribution in [0.4, 0.5) is 10.1 Å². The third kappa shape index (κ3) is 6.05. The molecule has 0 spiro atoms. The number of nitriles is 1. The predicted molar refractivity (Wildman–Crippen MR) is 135 cm³/mol. The number of aromatic nitrogens is 1. The van der Waals surface area contributed by atoms with Crippen LogP contribution in [0.3, 0.4) is 0 Å². The third-order valence-electron chi connectivity index (χ3n) is 5.71. The van der Waals surface area contributed by atoms with Crippen LogP contribution in [0.25, 0.3) is 0 Å². The highest BCUT2D eigenvalue weighted by atomic mass is 19.1. The summed E-state index contributed by atoms with van der Waals surface area (Å²) in [5.74, 6) is -1.72. The van der Waals surface area contributed by atoms with E-state index in [1.165, 1.54) is 22.9 Å². The number of ether oxygens (including phenoxy) is 1. The van der Waals surface area contributed by atoms with Gasteiger partial charge in [-0.25, -0.2) is 4.39 Å². The molecule has 1 aromatic heterocycles. The number of carbonyl (C=O) groups is 2. The SMILES string of the molecule is CCCCn1cc(C(=O)c2cc(F)ccc2OCC(=O)Nc2c(C)cc(C)cc2C)cc(C#N)c1=O. The number of halogens is 1. The van der Waals surface area contributed by atoms with Crippen molar-refractivity contribution in [2.75, 3.05) is 11.9 Å². The number of pyridine rings is 1. The molecule has 0 aliphatic carbocycles. The second-order valence-electron chi connectivity index (χ2n) is 8.69. The van der Waals surface area contributed by atoms with Gasteiger partial charge in [0.05, 0.1) is 5.56 Å². The zero-order valence-electron chi connectivity index (χ0n) is 20.8. The second-order valence-corrected chi connectivity index (χ2v) is 8.69. The quantitative estimate of drug-likeness (QED) is 0.434. The molecule has 3 aromatic rings. The van der Waals surface area contributed by atoms with Gasteiger partial charge in [0.25, 0.3) is 11.5 Å². The molecule has 7 nitrogen and oxygen atoms in total. The summed E-state index contributed by atoms with van der Waals surface area (Å²) in [5, 5.41) is 12.2. The first-order valence-corrected chi connectivity index (χ1v) is 11.6. The minimum absolute atomic E-state index is 0.0127. The van der Waals surface area contributed by atoms with Gasteiger partial charge in [-0.2, -0.15) is 5.26 Å². The molecule has 1 amide bonds. The van der Waals surface area contributed by atoms with Crippen LogP contribution in [-0.2, 0) is 11.3 Å². The highest BCUT2D eigenvalue weighted by Crippen LogP contribution is 2.25. The molecule has 0 atom stereocenters. The summed E-state index contributed by atoms with van der Waals surface area (Å²) in [6.45, 7) is 7.65. The number of hydrogen-bond donors (Lipinski definition) is 1. The Labute approximate surface area is 209 Å². The van der Waals surface area contributed by atoms with E-state index in [-0.39, 0.29) is 22.4 Å². The van der Waals surface area contributed by atoms with Crippen LogP contribution >= 0.6 is 0 Å². The molecule has 1 heterocycles. The zero-order valence-corrected chi connectivity index (χ0v) is 20.8. The van der Waals surface area contributed by atoms with Crippen LogP contribution in [0.15, 0.2) is 47.4 Å². The van der Waals surface area contributed by atoms with E-state index in [4.69, 9.17) is 4.74 Å². The van der Waals surface area contributed by atoms with Crippen molar-refractivity contribution >= 4 is 17.4 Å². The molecule has 0 aliphatic rings. The molecule has 0 bridgehead atoms. The lowest BCUT2D eigenvalue weighted by Gasteiger charge is -2.15. The first-order valence-electron chi connectivity index (χ1n) is 11.6. The molecule has 1 N–H and O–H groups in total. The summed E-state index contributed by atoms with van der Waals surface area (Å²) < 4.78 is 21.0. The number of rotatable bonds is 9. The summed E-state index contributed by atoms with van der Waals surface area (Å²) in [6, 6.07) is 10.3. The number of anilines is 1. The summed E-state index contributed by atoms with van der Waals surface area (Å²) in [6.07, 6.45) is 2.87. The highest BCUT2D eigenvalue weighted by Gasteiger charge is 2.20. The number of aryl methyl sites for hydroxylation is 4. The fourth-order valence-electron chi connectivity index (χ4n) is 3.99. The minimum Gasteiger partial charge on any atom is -0.483 e. The topological polar surface area (TPSA) is 101 Å². The maximum atomic E-state index is 14.1. The Bertz CT molecular complexity index is 1400. The molecule has 186 valence electrons. The molecular formula is C28H28FN3O4. The van der Waals surface area contributed by atoms with E-state index in [9.17, 15) is 24.0 Å². The molecule has 3 rings (SSSR count). The van der Waals surface area contributed by atoms with Crippen molar-refractivity contribution in [3.63, 3.8) is 0 Å². The lowest BCUT2D eigenvalue weighted by molar-refractivity contribution is -0.118. The van der Waals surface area contributed by atoms with Crippen molar-refractivity contribution in [1.29, 1.82) is 5.26 Å². The number of nitrogens with zero attached hydrogens (tertiary/aromatic N) is 2. The standard InChI is InChI=1S/C28H28FN3O4/c1-5-6-9-32-15-21(12-20(14-30)28(32)35)27(34)23-13-22(29)7-8-24(23)36-16-25(33)31-26-18(3)10-17(2)11-19(26)4/h7-8,10-13,15H,5-6,9,16H2,1-4H3,(H,31,33). The maximum absolute atomic E-state index is 14.1. The van der Waals surface area contributed by atoms with E-state index in [0.29, 0.717) is 18.7 Å². The van der Waals surface area contributed by atoms with Crippen LogP contribution in [0.5, 0.6) is 5.75 Å². The van der Waals surface area contributed by atoms with Crippen molar-refractivity contribution in [2.45, 2.75) is 47.1 Å². The Kier molecular flexibility index (Phi) is 8.38. The van der Waals surface area contributed by atoms with Gasteiger partial charge in [-0.1, -0.05) is 31.0 Å². The molecule has 0 aliphatic heterocycles. The lowest BCUT2D eigenvalue weighted by atomic mass is 10.0. The minimum atomic E-state index is -0.666. The van der Waals surface area contributed by atoms with Gasteiger partial charge in [-0.3, -0.25) is 14.4 Å². The zero-order chi connectivity index (χ0) is 26.4. The first-order chi connectivity index (χ1) is 17.1. The Morgan fingerprint density at radius 1 is 1.11 bits per heavy atom. The molecule has 0 radical (unpaired) electrons. The molecule has 36 heavy (non-hydrogen) atoms. The van der Waals surface area contributed by atoms with Gasteiger partial charge in [0.1, 0.15) is 23.2 Å². The number of hydrogen-bond acceptors (Lipinski definition) is 5. The number of unbranched alkanes of at least 4 members (excludes halogenated alkanes) is 1. The Balaban J connectivity index is 1.87. The van der Waals surface area contributed by atoms with Gasteiger partial charge >= 0.3 is 0 Å². The van der Waals surface area contributed by atoms with Gasteiger partial charge in [-0.05, 0) is 62.6 Å². The van der Waals surface area contributed by atoms with E-state index in [2.05, 4.69) is 5.32 Å². The van der Waals surface area contributed by atoms with Gasteiger partial charge in [-0.15, -0.1) is 0 Å². The maximum Gasteiger partial charge on any atom is 0.268 e. The molecule has 0 fully saturated rings. The van der Waals surface area contributed by atoms with Crippen LogP contribution in [0, 0.1) is 37.9 Å². The summed E-state index contributed by atoms with van der Waals surface area (Å²) in [4.78, 5) is 38.3. The first kappa shape index (κ1) is 26.4. The van der Waals surface area contributed by atoms with E-state index < -0.39 is 29.7 Å². The number of carbonyl (C=O) groups excluding carboxylic acids is 2. The predicted octanol–water partition coefficient (Wildman–Crippen LogP) is 4.83. The van der Waals surface area contributed by atoms with Crippen molar-refractivity contribution < 1.29 is 18.7 Å². The van der Waals surface area contributed by atoms with Crippen molar-refractivity contribution in [1.82, 2.24) is 4.57 Å². The summed E-state index contributed by atoms with van der Waals surface area (Å²) >= 11 is 0. The van der Waals surface area contributed by atoms with Crippen molar-refractivity contribution in [3.05, 3.63) is 92.1 Å². The van der Waals surface area contributed by atoms with Crippen molar-refractivity contribution in [3.8, 4) is 11.8 Å². The number of amides is 1. The number of benzene rings is 2. The monoisotopic (exact) mass is 489 g/mol. The smallest absolute Gasteiger partial charge is 0.268 e. The van der Waals surface area contributed by atoms with E-state index in [1.807, 2.05) is 45.9 Å². The van der Waals surface area contributed by atoms with Crippen LogP contribution in [0.1, 0.15) is 57.9 Å². The van der Waals surface area contributed by atoms with Crippen molar-refractivity contribution in [2.24, 2.45) is 0 Å². The van der Waals surface area contributed by atoms with Crippen LogP contribution < -0.4 is 15.6 Å². The normalized spacial score (nSPS) is 10.6. The Morgan fingerprint density at radius 3 is 2.44 bits per heavy atom. The fraction of sp³-hybridized carbons (Fsp3) is 0.286. The Morgan fingerprint density at radius 2 is 1.81 bits per heavy atom. The number of ketones is 1. The summed E-state index contributed by atoms with van der Waals surface area (Å²) in [7, 11) is 0. The van der Waals surface area contributed by atoms with Crippen LogP contribution in [0.2, 0.25) is 0 Å². The van der Waals surface area contributed by atoms with Gasteiger partial charge in [0.15, 0.2) is 12.4 Å². The molecule has 0 unspecified atom stereocenters. The second kappa shape index (κ2) is 11.5. The average Bonchev–Trinajstić information content (AvgIpc) is 2.84. The molecular weight excluding hydrogens is 461 g/mol. The third-order valence-corrected chi connectivity index (χ3v) is 5.71. The molecule has 0 saturated heterocycles. The molecule has 0 saturated carbocycles. The Hall–Kier alpha value is -4.25. The molecule has 8 heteroatoms. The van der Waals surface area contributed by atoms with E-state index in [1.54, 1.807) is 0 Å². The highest BCUT2D eigenvalue weighted by molar-refractivity contribution is 6.10. The largest absolute Gasteiger partial charge is 0.483 e. The molecule has 2 aromatic carbocycles. The number of nitrogens with one attached hydrogen (secondary N) is 1. The summed E-state index contributed by atoms with van der Waals surface area (Å²) in [5.41, 5.74) is 2.84. The van der Waals surface area contributed by atoms with E-state index in [0.717, 1.165) is 35.2 Å². The van der Waals surface area contributed by atoms with Gasteiger partial charge in [0.2, 0.25) is 0 Å². The average molecular weight is 490 g/mol. The van der Waals surface area contributed by atoms with Gasteiger partial charge < -0.3 is 14.6 Å². The van der Waals surface area contributed by atoms with Crippen LogP contribution in [-0.4, -0.2) is 22.9 Å². The fourth-order valence-corrected chi connectivity index (χ4v) is 3.99. The van der Waals surface area contributed by atoms with E-state index >= 15 is 0 Å². The van der Waals surface area contributed by atoms with Gasteiger partial charge in [0, 0.05) is 24.0 Å².